The van der Waals surface area contributed by atoms with Gasteiger partial charge in [-0.2, -0.15) is 4.98 Å². The molecule has 0 aliphatic carbocycles. The largest absolute Gasteiger partial charge is 0.481 e. The van der Waals surface area contributed by atoms with Crippen molar-refractivity contribution in [3.05, 3.63) is 38.7 Å². The quantitative estimate of drug-likeness (QED) is 0.669. The van der Waals surface area contributed by atoms with E-state index >= 15 is 0 Å². The predicted molar refractivity (Wildman–Crippen MR) is 77.5 cm³/mol. The fourth-order valence-electron chi connectivity index (χ4n) is 1.61. The van der Waals surface area contributed by atoms with Gasteiger partial charge in [0.05, 0.1) is 11.8 Å². The highest BCUT2D eigenvalue weighted by Crippen LogP contribution is 2.26. The van der Waals surface area contributed by atoms with E-state index in [1.807, 2.05) is 13.8 Å². The summed E-state index contributed by atoms with van der Waals surface area (Å²) in [5, 5.41) is 10.0. The lowest BCUT2D eigenvalue weighted by Gasteiger charge is -2.16. The molecule has 0 saturated carbocycles. The normalized spacial score (nSPS) is 12.3. The summed E-state index contributed by atoms with van der Waals surface area (Å²) in [7, 11) is 0. The molecule has 0 aromatic carbocycles. The van der Waals surface area contributed by atoms with Crippen molar-refractivity contribution in [1.29, 1.82) is 0 Å². The first-order valence-corrected chi connectivity index (χ1v) is 7.63. The van der Waals surface area contributed by atoms with Crippen molar-refractivity contribution in [2.75, 3.05) is 5.75 Å². The zero-order chi connectivity index (χ0) is 14.7. The van der Waals surface area contributed by atoms with Crippen molar-refractivity contribution in [2.45, 2.75) is 25.0 Å². The highest BCUT2D eigenvalue weighted by Gasteiger charge is 2.16. The number of carboxylic acids is 1. The lowest BCUT2D eigenvalue weighted by Crippen LogP contribution is -2.17. The molecule has 0 spiro atoms. The average Bonchev–Trinajstić information content (AvgIpc) is 2.82. The summed E-state index contributed by atoms with van der Waals surface area (Å²) in [6.45, 7) is 3.91. The van der Waals surface area contributed by atoms with Crippen LogP contribution in [0.5, 0.6) is 0 Å². The summed E-state index contributed by atoms with van der Waals surface area (Å²) in [5.74, 6) is -1.09. The maximum atomic E-state index is 11.4. The van der Waals surface area contributed by atoms with Crippen LogP contribution < -0.4 is 5.56 Å². The molecule has 20 heavy (non-hydrogen) atoms. The Kier molecular flexibility index (Phi) is 4.56. The van der Waals surface area contributed by atoms with E-state index in [1.165, 1.54) is 6.07 Å². The van der Waals surface area contributed by atoms with Crippen molar-refractivity contribution >= 4 is 29.1 Å². The second kappa shape index (κ2) is 6.19. The summed E-state index contributed by atoms with van der Waals surface area (Å²) in [5.41, 5.74) is -0.378. The van der Waals surface area contributed by atoms with Crippen LogP contribution >= 0.6 is 23.1 Å². The summed E-state index contributed by atoms with van der Waals surface area (Å²) < 4.78 is 1.77. The Morgan fingerprint density at radius 2 is 2.35 bits per heavy atom. The molecular weight excluding hydrogens is 298 g/mol. The van der Waals surface area contributed by atoms with Gasteiger partial charge in [0, 0.05) is 23.3 Å². The monoisotopic (exact) mass is 311 g/mol. The van der Waals surface area contributed by atoms with Crippen LogP contribution in [-0.2, 0) is 4.79 Å². The van der Waals surface area contributed by atoms with E-state index in [9.17, 15) is 9.59 Å². The predicted octanol–water partition coefficient (Wildman–Crippen LogP) is 1.79. The van der Waals surface area contributed by atoms with Crippen LogP contribution in [0.25, 0.3) is 0 Å². The molecule has 1 unspecified atom stereocenters. The van der Waals surface area contributed by atoms with E-state index in [0.29, 0.717) is 5.16 Å². The first-order valence-electron chi connectivity index (χ1n) is 5.83. The summed E-state index contributed by atoms with van der Waals surface area (Å²) in [6.07, 6.45) is 3.41. The molecule has 1 atom stereocenters. The van der Waals surface area contributed by atoms with Gasteiger partial charge in [-0.1, -0.05) is 11.8 Å². The van der Waals surface area contributed by atoms with Gasteiger partial charge in [0.25, 0.3) is 5.56 Å². The zero-order valence-corrected chi connectivity index (χ0v) is 12.6. The van der Waals surface area contributed by atoms with Gasteiger partial charge in [-0.25, -0.2) is 4.98 Å². The van der Waals surface area contributed by atoms with Gasteiger partial charge in [0.1, 0.15) is 5.01 Å². The van der Waals surface area contributed by atoms with Crippen molar-refractivity contribution in [2.24, 2.45) is 0 Å². The number of thioether (sulfide) groups is 1. The summed E-state index contributed by atoms with van der Waals surface area (Å²) >= 11 is 2.59. The minimum absolute atomic E-state index is 0.0990. The van der Waals surface area contributed by atoms with Gasteiger partial charge in [-0.05, 0) is 13.8 Å². The topological polar surface area (TPSA) is 85.1 Å². The second-order valence-electron chi connectivity index (χ2n) is 4.12. The number of thiazole rings is 1. The first kappa shape index (κ1) is 14.7. The number of hydrogen-bond acceptors (Lipinski definition) is 6. The van der Waals surface area contributed by atoms with Crippen LogP contribution in [0, 0.1) is 6.92 Å². The van der Waals surface area contributed by atoms with Crippen LogP contribution in [0.15, 0.2) is 28.4 Å². The van der Waals surface area contributed by atoms with Crippen molar-refractivity contribution < 1.29 is 9.90 Å². The number of hydrogen-bond donors (Lipinski definition) is 1. The number of aryl methyl sites for hydroxylation is 1. The van der Waals surface area contributed by atoms with E-state index in [4.69, 9.17) is 5.11 Å². The standard InChI is InChI=1S/C12H13N3O3S2/c1-7-5-13-11(20-7)8(2)15-4-3-9(16)14-12(15)19-6-10(17)18/h3-5,8H,6H2,1-2H3,(H,17,18). The van der Waals surface area contributed by atoms with Gasteiger partial charge in [0.15, 0.2) is 5.16 Å². The number of aromatic nitrogens is 3. The van der Waals surface area contributed by atoms with Crippen LogP contribution in [0.2, 0.25) is 0 Å². The fraction of sp³-hybridized carbons (Fsp3) is 0.333. The highest BCUT2D eigenvalue weighted by atomic mass is 32.2. The molecule has 0 bridgehead atoms. The van der Waals surface area contributed by atoms with Gasteiger partial charge in [0.2, 0.25) is 0 Å². The molecule has 0 saturated heterocycles. The lowest BCUT2D eigenvalue weighted by molar-refractivity contribution is -0.133. The molecule has 2 aromatic rings. The molecule has 8 heteroatoms. The third kappa shape index (κ3) is 3.45. The lowest BCUT2D eigenvalue weighted by atomic mass is 10.3. The number of nitrogens with zero attached hydrogens (tertiary/aromatic N) is 3. The first-order chi connectivity index (χ1) is 9.47. The van der Waals surface area contributed by atoms with E-state index in [2.05, 4.69) is 9.97 Å². The van der Waals surface area contributed by atoms with E-state index < -0.39 is 5.97 Å². The molecule has 0 radical (unpaired) electrons. The average molecular weight is 311 g/mol. The zero-order valence-electron chi connectivity index (χ0n) is 10.9. The molecule has 6 nitrogen and oxygen atoms in total. The Balaban J connectivity index is 2.34. The fourth-order valence-corrected chi connectivity index (χ4v) is 3.21. The van der Waals surface area contributed by atoms with E-state index in [-0.39, 0.29) is 17.4 Å². The molecule has 2 heterocycles. The van der Waals surface area contributed by atoms with E-state index in [1.54, 1.807) is 28.3 Å². The Hall–Kier alpha value is -1.67. The van der Waals surface area contributed by atoms with Crippen LogP contribution in [0.1, 0.15) is 22.9 Å². The van der Waals surface area contributed by atoms with Crippen molar-refractivity contribution in [1.82, 2.24) is 14.5 Å². The van der Waals surface area contributed by atoms with Crippen molar-refractivity contribution in [3.63, 3.8) is 0 Å². The minimum Gasteiger partial charge on any atom is -0.481 e. The second-order valence-corrected chi connectivity index (χ2v) is 6.33. The van der Waals surface area contributed by atoms with Crippen LogP contribution in [-0.4, -0.2) is 31.4 Å². The van der Waals surface area contributed by atoms with Gasteiger partial charge >= 0.3 is 5.97 Å². The third-order valence-corrected chi connectivity index (χ3v) is 4.58. The molecule has 0 fully saturated rings. The van der Waals surface area contributed by atoms with Crippen LogP contribution in [0.4, 0.5) is 0 Å². The van der Waals surface area contributed by atoms with Gasteiger partial charge in [-0.15, -0.1) is 11.3 Å². The number of aliphatic carboxylic acids is 1. The van der Waals surface area contributed by atoms with Gasteiger partial charge in [-0.3, -0.25) is 9.59 Å². The Labute approximate surface area is 123 Å². The molecular formula is C12H13N3O3S2. The Morgan fingerprint density at radius 1 is 1.60 bits per heavy atom. The highest BCUT2D eigenvalue weighted by molar-refractivity contribution is 7.99. The molecule has 0 aliphatic rings. The van der Waals surface area contributed by atoms with E-state index in [0.717, 1.165) is 21.6 Å². The summed E-state index contributed by atoms with van der Waals surface area (Å²) in [6, 6.07) is 1.26. The number of rotatable bonds is 5. The third-order valence-electron chi connectivity index (χ3n) is 2.54. The summed E-state index contributed by atoms with van der Waals surface area (Å²) in [4.78, 5) is 31.3. The molecule has 0 amide bonds. The van der Waals surface area contributed by atoms with Crippen molar-refractivity contribution in [3.8, 4) is 0 Å². The molecule has 1 N–H and O–H groups in total. The molecule has 2 rings (SSSR count). The van der Waals surface area contributed by atoms with Crippen LogP contribution in [0.3, 0.4) is 0 Å². The number of carboxylic acid groups (broad SMARTS) is 1. The molecule has 106 valence electrons. The minimum atomic E-state index is -0.947. The maximum absolute atomic E-state index is 11.4. The SMILES string of the molecule is Cc1cnc(C(C)n2ccc(=O)nc2SCC(=O)O)s1. The Bertz CT molecular complexity index is 681. The number of carbonyl (C=O) groups is 1. The smallest absolute Gasteiger partial charge is 0.313 e. The Morgan fingerprint density at radius 3 is 2.95 bits per heavy atom. The van der Waals surface area contributed by atoms with Gasteiger partial charge < -0.3 is 9.67 Å². The molecule has 0 aliphatic heterocycles. The maximum Gasteiger partial charge on any atom is 0.313 e. The molecule has 2 aromatic heterocycles.